The molecular formula is C14H27NO2. The van der Waals surface area contributed by atoms with Gasteiger partial charge in [0, 0.05) is 26.2 Å². The first-order valence-electron chi connectivity index (χ1n) is 7.06. The SMILES string of the molecule is COC1CCN(C2C(C)CC(C)CC2O)CC1. The number of aliphatic hydroxyl groups excluding tert-OH is 1. The summed E-state index contributed by atoms with van der Waals surface area (Å²) in [4.78, 5) is 2.50. The van der Waals surface area contributed by atoms with E-state index in [1.165, 1.54) is 6.42 Å². The summed E-state index contributed by atoms with van der Waals surface area (Å²) in [5.74, 6) is 1.29. The van der Waals surface area contributed by atoms with Gasteiger partial charge in [-0.15, -0.1) is 0 Å². The lowest BCUT2D eigenvalue weighted by Gasteiger charge is -2.46. The maximum absolute atomic E-state index is 10.3. The molecule has 3 nitrogen and oxygen atoms in total. The maximum Gasteiger partial charge on any atom is 0.0700 e. The second kappa shape index (κ2) is 5.68. The van der Waals surface area contributed by atoms with Gasteiger partial charge in [-0.1, -0.05) is 13.8 Å². The summed E-state index contributed by atoms with van der Waals surface area (Å²) in [5, 5.41) is 10.3. The van der Waals surface area contributed by atoms with Crippen molar-refractivity contribution >= 4 is 0 Å². The van der Waals surface area contributed by atoms with Crippen molar-refractivity contribution in [3.05, 3.63) is 0 Å². The molecule has 0 amide bonds. The zero-order valence-corrected chi connectivity index (χ0v) is 11.4. The summed E-state index contributed by atoms with van der Waals surface area (Å²) in [6.45, 7) is 6.72. The summed E-state index contributed by atoms with van der Waals surface area (Å²) < 4.78 is 5.41. The van der Waals surface area contributed by atoms with E-state index in [4.69, 9.17) is 4.74 Å². The van der Waals surface area contributed by atoms with E-state index in [-0.39, 0.29) is 6.10 Å². The van der Waals surface area contributed by atoms with E-state index in [1.807, 2.05) is 0 Å². The monoisotopic (exact) mass is 241 g/mol. The number of methoxy groups -OCH3 is 1. The third-order valence-electron chi connectivity index (χ3n) is 4.63. The molecule has 0 radical (unpaired) electrons. The van der Waals surface area contributed by atoms with Crippen molar-refractivity contribution in [1.29, 1.82) is 0 Å². The van der Waals surface area contributed by atoms with Crippen LogP contribution in [0.5, 0.6) is 0 Å². The predicted octanol–water partition coefficient (Wildman–Crippen LogP) is 1.89. The molecule has 0 aromatic rings. The summed E-state index contributed by atoms with van der Waals surface area (Å²) in [7, 11) is 1.81. The number of aliphatic hydroxyl groups is 1. The van der Waals surface area contributed by atoms with Crippen molar-refractivity contribution < 1.29 is 9.84 Å². The number of piperidine rings is 1. The van der Waals surface area contributed by atoms with Crippen molar-refractivity contribution in [1.82, 2.24) is 4.90 Å². The van der Waals surface area contributed by atoms with Crippen LogP contribution >= 0.6 is 0 Å². The van der Waals surface area contributed by atoms with Gasteiger partial charge in [-0.2, -0.15) is 0 Å². The summed E-state index contributed by atoms with van der Waals surface area (Å²) in [6.07, 6.45) is 4.75. The van der Waals surface area contributed by atoms with Gasteiger partial charge in [-0.05, 0) is 37.5 Å². The zero-order valence-electron chi connectivity index (χ0n) is 11.4. The van der Waals surface area contributed by atoms with E-state index in [0.717, 1.165) is 32.4 Å². The average Bonchev–Trinajstić information content (AvgIpc) is 2.28. The van der Waals surface area contributed by atoms with E-state index in [9.17, 15) is 5.11 Å². The second-order valence-electron chi connectivity index (χ2n) is 6.08. The van der Waals surface area contributed by atoms with E-state index in [2.05, 4.69) is 18.7 Å². The van der Waals surface area contributed by atoms with E-state index < -0.39 is 0 Å². The largest absolute Gasteiger partial charge is 0.391 e. The fourth-order valence-corrected chi connectivity index (χ4v) is 3.81. The normalized spacial score (nSPS) is 41.6. The van der Waals surface area contributed by atoms with Gasteiger partial charge in [0.2, 0.25) is 0 Å². The molecule has 2 rings (SSSR count). The molecule has 2 fully saturated rings. The van der Waals surface area contributed by atoms with Crippen molar-refractivity contribution in [2.75, 3.05) is 20.2 Å². The molecule has 1 saturated heterocycles. The lowest BCUT2D eigenvalue weighted by atomic mass is 9.76. The summed E-state index contributed by atoms with van der Waals surface area (Å²) >= 11 is 0. The van der Waals surface area contributed by atoms with Crippen LogP contribution in [0.15, 0.2) is 0 Å². The Morgan fingerprint density at radius 2 is 1.76 bits per heavy atom. The van der Waals surface area contributed by atoms with Crippen LogP contribution < -0.4 is 0 Å². The third-order valence-corrected chi connectivity index (χ3v) is 4.63. The highest BCUT2D eigenvalue weighted by atomic mass is 16.5. The molecule has 1 heterocycles. The average molecular weight is 241 g/mol. The summed E-state index contributed by atoms with van der Waals surface area (Å²) in [5.41, 5.74) is 0. The Kier molecular flexibility index (Phi) is 4.45. The Balaban J connectivity index is 1.93. The fourth-order valence-electron chi connectivity index (χ4n) is 3.81. The zero-order chi connectivity index (χ0) is 12.4. The number of ether oxygens (including phenoxy) is 1. The van der Waals surface area contributed by atoms with E-state index >= 15 is 0 Å². The predicted molar refractivity (Wildman–Crippen MR) is 69.0 cm³/mol. The molecular weight excluding hydrogens is 214 g/mol. The first-order chi connectivity index (χ1) is 8.11. The molecule has 0 aromatic heterocycles. The van der Waals surface area contributed by atoms with Gasteiger partial charge >= 0.3 is 0 Å². The lowest BCUT2D eigenvalue weighted by Crippen LogP contribution is -2.54. The van der Waals surface area contributed by atoms with Crippen LogP contribution in [0.4, 0.5) is 0 Å². The van der Waals surface area contributed by atoms with Crippen molar-refractivity contribution in [2.45, 2.75) is 57.8 Å². The van der Waals surface area contributed by atoms with Crippen LogP contribution in [0.1, 0.15) is 39.5 Å². The Labute approximate surface area is 105 Å². The van der Waals surface area contributed by atoms with Gasteiger partial charge in [0.05, 0.1) is 12.2 Å². The second-order valence-corrected chi connectivity index (χ2v) is 6.08. The molecule has 3 heteroatoms. The van der Waals surface area contributed by atoms with Crippen molar-refractivity contribution in [3.8, 4) is 0 Å². The Hall–Kier alpha value is -0.120. The van der Waals surface area contributed by atoms with Gasteiger partial charge in [0.15, 0.2) is 0 Å². The molecule has 1 N–H and O–H groups in total. The van der Waals surface area contributed by atoms with Gasteiger partial charge < -0.3 is 9.84 Å². The Morgan fingerprint density at radius 3 is 2.29 bits per heavy atom. The highest BCUT2D eigenvalue weighted by Crippen LogP contribution is 2.33. The van der Waals surface area contributed by atoms with Crippen LogP contribution in [0.25, 0.3) is 0 Å². The minimum Gasteiger partial charge on any atom is -0.391 e. The van der Waals surface area contributed by atoms with Gasteiger partial charge in [-0.3, -0.25) is 4.90 Å². The van der Waals surface area contributed by atoms with Crippen LogP contribution in [-0.2, 0) is 4.74 Å². The number of hydrogen-bond donors (Lipinski definition) is 1. The quantitative estimate of drug-likeness (QED) is 0.801. The molecule has 4 atom stereocenters. The van der Waals surface area contributed by atoms with Crippen LogP contribution in [0.3, 0.4) is 0 Å². The molecule has 2 aliphatic rings. The maximum atomic E-state index is 10.3. The molecule has 17 heavy (non-hydrogen) atoms. The minimum atomic E-state index is -0.132. The number of rotatable bonds is 2. The van der Waals surface area contributed by atoms with Crippen LogP contribution in [0, 0.1) is 11.8 Å². The van der Waals surface area contributed by atoms with Crippen LogP contribution in [0.2, 0.25) is 0 Å². The standard InChI is InChI=1S/C14H27NO2/c1-10-8-11(2)14(13(16)9-10)15-6-4-12(17-3)5-7-15/h10-14,16H,4-9H2,1-3H3. The topological polar surface area (TPSA) is 32.7 Å². The molecule has 4 unspecified atom stereocenters. The molecule has 0 bridgehead atoms. The van der Waals surface area contributed by atoms with Crippen molar-refractivity contribution in [2.24, 2.45) is 11.8 Å². The molecule has 100 valence electrons. The number of nitrogens with zero attached hydrogens (tertiary/aromatic N) is 1. The summed E-state index contributed by atoms with van der Waals surface area (Å²) in [6, 6.07) is 0.379. The molecule has 0 spiro atoms. The van der Waals surface area contributed by atoms with E-state index in [1.54, 1.807) is 7.11 Å². The van der Waals surface area contributed by atoms with Gasteiger partial charge in [0.25, 0.3) is 0 Å². The molecule has 1 aliphatic heterocycles. The number of likely N-dealkylation sites (tertiary alicyclic amines) is 1. The minimum absolute atomic E-state index is 0.132. The van der Waals surface area contributed by atoms with Crippen molar-refractivity contribution in [3.63, 3.8) is 0 Å². The smallest absolute Gasteiger partial charge is 0.0700 e. The fraction of sp³-hybridized carbons (Fsp3) is 1.00. The van der Waals surface area contributed by atoms with E-state index in [0.29, 0.717) is 24.0 Å². The molecule has 1 saturated carbocycles. The number of hydrogen-bond acceptors (Lipinski definition) is 3. The first kappa shape index (κ1) is 13.3. The lowest BCUT2D eigenvalue weighted by molar-refractivity contribution is -0.0512. The highest BCUT2D eigenvalue weighted by molar-refractivity contribution is 4.91. The van der Waals surface area contributed by atoms with Gasteiger partial charge in [0.1, 0.15) is 0 Å². The highest BCUT2D eigenvalue weighted by Gasteiger charge is 2.37. The first-order valence-corrected chi connectivity index (χ1v) is 7.06. The van der Waals surface area contributed by atoms with Crippen LogP contribution in [-0.4, -0.2) is 48.5 Å². The molecule has 0 aromatic carbocycles. The Morgan fingerprint density at radius 1 is 1.12 bits per heavy atom. The third kappa shape index (κ3) is 3.01. The molecule has 1 aliphatic carbocycles. The van der Waals surface area contributed by atoms with Gasteiger partial charge in [-0.25, -0.2) is 0 Å². The Bertz CT molecular complexity index is 226.